The molecule has 0 atom stereocenters. The first-order chi connectivity index (χ1) is 12.4. The van der Waals surface area contributed by atoms with Gasteiger partial charge in [0.05, 0.1) is 11.1 Å². The van der Waals surface area contributed by atoms with Crippen molar-refractivity contribution in [2.45, 2.75) is 70.8 Å². The van der Waals surface area contributed by atoms with E-state index < -0.39 is 0 Å². The number of nitrogens with zero attached hydrogens (tertiary/aromatic N) is 4. The molecule has 0 fully saturated rings. The van der Waals surface area contributed by atoms with Gasteiger partial charge in [0.1, 0.15) is 4.83 Å². The Morgan fingerprint density at radius 1 is 1.27 bits per heavy atom. The van der Waals surface area contributed by atoms with Crippen LogP contribution in [0.5, 0.6) is 0 Å². The van der Waals surface area contributed by atoms with E-state index in [1.165, 1.54) is 11.8 Å². The van der Waals surface area contributed by atoms with Gasteiger partial charge in [-0.15, -0.1) is 11.3 Å². The van der Waals surface area contributed by atoms with Crippen LogP contribution >= 0.6 is 23.1 Å². The molecule has 140 valence electrons. The van der Waals surface area contributed by atoms with E-state index in [0.29, 0.717) is 24.0 Å². The second-order valence-electron chi connectivity index (χ2n) is 6.66. The minimum Gasteiger partial charge on any atom is -0.339 e. The van der Waals surface area contributed by atoms with Gasteiger partial charge in [-0.1, -0.05) is 44.1 Å². The van der Waals surface area contributed by atoms with Crippen molar-refractivity contribution in [2.24, 2.45) is 0 Å². The highest BCUT2D eigenvalue weighted by Gasteiger charge is 2.18. The Hall–Kier alpha value is -1.67. The maximum Gasteiger partial charge on any atom is 0.263 e. The van der Waals surface area contributed by atoms with Gasteiger partial charge in [-0.25, -0.2) is 4.98 Å². The number of aryl methyl sites for hydroxylation is 2. The normalized spacial score (nSPS) is 11.8. The number of aromatic nitrogens is 4. The number of rotatable bonds is 7. The summed E-state index contributed by atoms with van der Waals surface area (Å²) in [7, 11) is 0. The lowest BCUT2D eigenvalue weighted by molar-refractivity contribution is 0.362. The van der Waals surface area contributed by atoms with Gasteiger partial charge in [-0.3, -0.25) is 9.36 Å². The van der Waals surface area contributed by atoms with E-state index >= 15 is 0 Å². The van der Waals surface area contributed by atoms with Crippen molar-refractivity contribution >= 4 is 33.3 Å². The molecular formula is C18H24N4O2S2. The fourth-order valence-electron chi connectivity index (χ4n) is 2.62. The Kier molecular flexibility index (Phi) is 5.82. The highest BCUT2D eigenvalue weighted by Crippen LogP contribution is 2.29. The standard InChI is InChI=1S/C18H24N4O2S2/c1-6-7-8-22-17(23)14-11(4)12(5)26-16(14)20-18(22)25-9-13-19-15(10(2)3)24-21-13/h10H,6-9H2,1-5H3. The molecule has 3 rings (SSSR count). The second kappa shape index (κ2) is 7.92. The predicted octanol–water partition coefficient (Wildman–Crippen LogP) is 4.67. The van der Waals surface area contributed by atoms with Crippen LogP contribution in [0.15, 0.2) is 14.5 Å². The second-order valence-corrected chi connectivity index (χ2v) is 8.81. The van der Waals surface area contributed by atoms with Crippen LogP contribution in [0.2, 0.25) is 0 Å². The quantitative estimate of drug-likeness (QED) is 0.429. The molecule has 0 aliphatic rings. The summed E-state index contributed by atoms with van der Waals surface area (Å²) in [5, 5.41) is 5.52. The van der Waals surface area contributed by atoms with Crippen LogP contribution in [-0.4, -0.2) is 19.7 Å². The third kappa shape index (κ3) is 3.71. The maximum atomic E-state index is 13.1. The van der Waals surface area contributed by atoms with Crippen LogP contribution in [0.1, 0.15) is 61.7 Å². The van der Waals surface area contributed by atoms with E-state index in [4.69, 9.17) is 9.51 Å². The van der Waals surface area contributed by atoms with E-state index in [9.17, 15) is 4.79 Å². The molecule has 6 nitrogen and oxygen atoms in total. The van der Waals surface area contributed by atoms with Crippen molar-refractivity contribution in [1.29, 1.82) is 0 Å². The molecule has 0 aliphatic carbocycles. The Morgan fingerprint density at radius 3 is 2.69 bits per heavy atom. The van der Waals surface area contributed by atoms with Gasteiger partial charge < -0.3 is 4.52 Å². The Labute approximate surface area is 161 Å². The summed E-state index contributed by atoms with van der Waals surface area (Å²) in [6, 6.07) is 0. The predicted molar refractivity (Wildman–Crippen MR) is 106 cm³/mol. The summed E-state index contributed by atoms with van der Waals surface area (Å²) in [5.74, 6) is 2.00. The molecule has 0 unspecified atom stereocenters. The van der Waals surface area contributed by atoms with E-state index in [2.05, 4.69) is 17.1 Å². The summed E-state index contributed by atoms with van der Waals surface area (Å²) < 4.78 is 7.07. The Balaban J connectivity index is 1.95. The van der Waals surface area contributed by atoms with E-state index in [0.717, 1.165) is 38.7 Å². The molecule has 0 spiro atoms. The van der Waals surface area contributed by atoms with Crippen LogP contribution < -0.4 is 5.56 Å². The fourth-order valence-corrected chi connectivity index (χ4v) is 4.56. The molecule has 0 saturated carbocycles. The number of thioether (sulfide) groups is 1. The summed E-state index contributed by atoms with van der Waals surface area (Å²) in [5.41, 5.74) is 1.10. The number of thiophene rings is 1. The van der Waals surface area contributed by atoms with Gasteiger partial charge in [-0.2, -0.15) is 4.98 Å². The maximum absolute atomic E-state index is 13.1. The first kappa shape index (κ1) is 19.1. The van der Waals surface area contributed by atoms with Crippen LogP contribution in [0.4, 0.5) is 0 Å². The summed E-state index contributed by atoms with van der Waals surface area (Å²) in [6.45, 7) is 10.9. The minimum atomic E-state index is 0.0591. The van der Waals surface area contributed by atoms with Gasteiger partial charge in [0.15, 0.2) is 11.0 Å². The molecule has 3 aromatic heterocycles. The monoisotopic (exact) mass is 392 g/mol. The lowest BCUT2D eigenvalue weighted by atomic mass is 10.2. The van der Waals surface area contributed by atoms with Crippen LogP contribution in [0.3, 0.4) is 0 Å². The molecule has 3 heterocycles. The van der Waals surface area contributed by atoms with Crippen molar-refractivity contribution in [3.63, 3.8) is 0 Å². The minimum absolute atomic E-state index is 0.0591. The first-order valence-electron chi connectivity index (χ1n) is 8.88. The molecule has 3 aromatic rings. The van der Waals surface area contributed by atoms with Gasteiger partial charge in [0.2, 0.25) is 5.89 Å². The SMILES string of the molecule is CCCCn1c(SCc2noc(C(C)C)n2)nc2sc(C)c(C)c2c1=O. The van der Waals surface area contributed by atoms with E-state index in [1.54, 1.807) is 15.9 Å². The third-order valence-electron chi connectivity index (χ3n) is 4.30. The average molecular weight is 393 g/mol. The van der Waals surface area contributed by atoms with Gasteiger partial charge in [0, 0.05) is 17.3 Å². The third-order valence-corrected chi connectivity index (χ3v) is 6.37. The summed E-state index contributed by atoms with van der Waals surface area (Å²) in [4.78, 5) is 24.2. The highest BCUT2D eigenvalue weighted by atomic mass is 32.2. The molecule has 0 N–H and O–H groups in total. The number of hydrogen-bond acceptors (Lipinski definition) is 7. The molecule has 0 radical (unpaired) electrons. The smallest absolute Gasteiger partial charge is 0.263 e. The first-order valence-corrected chi connectivity index (χ1v) is 10.7. The zero-order chi connectivity index (χ0) is 18.8. The molecule has 0 aliphatic heterocycles. The lowest BCUT2D eigenvalue weighted by Crippen LogP contribution is -2.23. The Bertz CT molecular complexity index is 972. The Morgan fingerprint density at radius 2 is 2.04 bits per heavy atom. The number of fused-ring (bicyclic) bond motifs is 1. The largest absolute Gasteiger partial charge is 0.339 e. The van der Waals surface area contributed by atoms with Crippen LogP contribution in [0.25, 0.3) is 10.2 Å². The van der Waals surface area contributed by atoms with E-state index in [-0.39, 0.29) is 11.5 Å². The van der Waals surface area contributed by atoms with Gasteiger partial charge >= 0.3 is 0 Å². The topological polar surface area (TPSA) is 73.8 Å². The van der Waals surface area contributed by atoms with Gasteiger partial charge in [-0.05, 0) is 25.8 Å². The zero-order valence-corrected chi connectivity index (χ0v) is 17.5. The van der Waals surface area contributed by atoms with Crippen LogP contribution in [-0.2, 0) is 12.3 Å². The lowest BCUT2D eigenvalue weighted by Gasteiger charge is -2.11. The highest BCUT2D eigenvalue weighted by molar-refractivity contribution is 7.98. The van der Waals surface area contributed by atoms with E-state index in [1.807, 2.05) is 27.7 Å². The molecule has 0 bridgehead atoms. The van der Waals surface area contributed by atoms with Crippen molar-refractivity contribution in [3.8, 4) is 0 Å². The molecular weight excluding hydrogens is 368 g/mol. The number of unbranched alkanes of at least 4 members (excludes halogenated alkanes) is 1. The molecule has 8 heteroatoms. The van der Waals surface area contributed by atoms with Crippen LogP contribution in [0, 0.1) is 13.8 Å². The molecule has 0 saturated heterocycles. The molecule has 0 amide bonds. The number of hydrogen-bond donors (Lipinski definition) is 0. The molecule has 26 heavy (non-hydrogen) atoms. The summed E-state index contributed by atoms with van der Waals surface area (Å²) in [6.07, 6.45) is 1.97. The summed E-state index contributed by atoms with van der Waals surface area (Å²) >= 11 is 3.08. The molecule has 0 aromatic carbocycles. The van der Waals surface area contributed by atoms with Crippen molar-refractivity contribution < 1.29 is 4.52 Å². The fraction of sp³-hybridized carbons (Fsp3) is 0.556. The average Bonchev–Trinajstić information content (AvgIpc) is 3.18. The van der Waals surface area contributed by atoms with Gasteiger partial charge in [0.25, 0.3) is 5.56 Å². The van der Waals surface area contributed by atoms with Crippen molar-refractivity contribution in [3.05, 3.63) is 32.5 Å². The zero-order valence-electron chi connectivity index (χ0n) is 15.8. The van der Waals surface area contributed by atoms with Crippen molar-refractivity contribution in [1.82, 2.24) is 19.7 Å². The van der Waals surface area contributed by atoms with Crippen molar-refractivity contribution in [2.75, 3.05) is 0 Å².